The van der Waals surface area contributed by atoms with Gasteiger partial charge in [-0.3, -0.25) is 9.48 Å². The van der Waals surface area contributed by atoms with Crippen LogP contribution in [-0.2, 0) is 13.1 Å². The first-order chi connectivity index (χ1) is 10.1. The Kier molecular flexibility index (Phi) is 4.72. The van der Waals surface area contributed by atoms with Gasteiger partial charge in [0.15, 0.2) is 0 Å². The molecule has 0 aromatic carbocycles. The number of hydrogen-bond acceptors (Lipinski definition) is 4. The van der Waals surface area contributed by atoms with Crippen molar-refractivity contribution in [3.05, 3.63) is 29.6 Å². The fraction of sp³-hybridized carbons (Fsp3) is 0.571. The van der Waals surface area contributed by atoms with E-state index in [2.05, 4.69) is 27.4 Å². The SMILES string of the molecule is CCCn1ncnc1[C@@H](C)NC(=O)c1cnn(CC)c1C. The number of hydrogen-bond donors (Lipinski definition) is 1. The summed E-state index contributed by atoms with van der Waals surface area (Å²) in [5.74, 6) is 0.636. The fourth-order valence-electron chi connectivity index (χ4n) is 2.32. The third-order valence-corrected chi connectivity index (χ3v) is 3.46. The van der Waals surface area contributed by atoms with Crippen molar-refractivity contribution >= 4 is 5.91 Å². The maximum atomic E-state index is 12.3. The molecule has 0 aliphatic rings. The zero-order valence-corrected chi connectivity index (χ0v) is 13.0. The largest absolute Gasteiger partial charge is 0.342 e. The number of carbonyl (C=O) groups excluding carboxylic acids is 1. The van der Waals surface area contributed by atoms with Crippen LogP contribution >= 0.6 is 0 Å². The van der Waals surface area contributed by atoms with Crippen molar-refractivity contribution in [2.24, 2.45) is 0 Å². The highest BCUT2D eigenvalue weighted by Gasteiger charge is 2.19. The monoisotopic (exact) mass is 290 g/mol. The topological polar surface area (TPSA) is 77.6 Å². The number of nitrogens with one attached hydrogen (secondary N) is 1. The summed E-state index contributed by atoms with van der Waals surface area (Å²) in [6, 6.07) is -0.198. The second-order valence-corrected chi connectivity index (χ2v) is 5.00. The normalized spacial score (nSPS) is 12.4. The number of nitrogens with zero attached hydrogens (tertiary/aromatic N) is 5. The quantitative estimate of drug-likeness (QED) is 0.878. The second kappa shape index (κ2) is 6.51. The molecule has 0 aliphatic heterocycles. The summed E-state index contributed by atoms with van der Waals surface area (Å²) in [5, 5.41) is 11.3. The van der Waals surface area contributed by atoms with Crippen LogP contribution < -0.4 is 5.32 Å². The Morgan fingerprint density at radius 1 is 1.33 bits per heavy atom. The van der Waals surface area contributed by atoms with Crippen molar-refractivity contribution in [3.8, 4) is 0 Å². The van der Waals surface area contributed by atoms with Gasteiger partial charge in [0.1, 0.15) is 12.2 Å². The summed E-state index contributed by atoms with van der Waals surface area (Å²) < 4.78 is 3.63. The Morgan fingerprint density at radius 2 is 2.10 bits per heavy atom. The van der Waals surface area contributed by atoms with E-state index in [0.717, 1.165) is 31.0 Å². The maximum Gasteiger partial charge on any atom is 0.255 e. The standard InChI is InChI=1S/C14H22N6O/c1-5-7-20-13(15-9-17-20)10(3)18-14(21)12-8-16-19(6-2)11(12)4/h8-10H,5-7H2,1-4H3,(H,18,21)/t10-/m1/s1. The number of aromatic nitrogens is 5. The fourth-order valence-corrected chi connectivity index (χ4v) is 2.32. The van der Waals surface area contributed by atoms with Gasteiger partial charge in [0.05, 0.1) is 17.8 Å². The molecule has 0 unspecified atom stereocenters. The van der Waals surface area contributed by atoms with Gasteiger partial charge in [-0.2, -0.15) is 10.2 Å². The molecule has 0 radical (unpaired) electrons. The van der Waals surface area contributed by atoms with Crippen LogP contribution in [0.3, 0.4) is 0 Å². The van der Waals surface area contributed by atoms with E-state index < -0.39 is 0 Å². The highest BCUT2D eigenvalue weighted by atomic mass is 16.1. The van der Waals surface area contributed by atoms with Crippen molar-refractivity contribution in [1.29, 1.82) is 0 Å². The minimum absolute atomic E-state index is 0.134. The minimum Gasteiger partial charge on any atom is -0.342 e. The van der Waals surface area contributed by atoms with Crippen LogP contribution in [0, 0.1) is 6.92 Å². The number of amides is 1. The average Bonchev–Trinajstić information content (AvgIpc) is 3.05. The molecule has 0 bridgehead atoms. The first-order valence-electron chi connectivity index (χ1n) is 7.29. The van der Waals surface area contributed by atoms with Gasteiger partial charge in [-0.25, -0.2) is 9.67 Å². The lowest BCUT2D eigenvalue weighted by Crippen LogP contribution is -2.29. The van der Waals surface area contributed by atoms with Crippen LogP contribution in [0.15, 0.2) is 12.5 Å². The van der Waals surface area contributed by atoms with Crippen LogP contribution in [0.1, 0.15) is 55.1 Å². The van der Waals surface area contributed by atoms with Crippen molar-refractivity contribution in [2.45, 2.75) is 53.2 Å². The van der Waals surface area contributed by atoms with Crippen molar-refractivity contribution in [2.75, 3.05) is 0 Å². The minimum atomic E-state index is -0.198. The van der Waals surface area contributed by atoms with E-state index in [1.54, 1.807) is 10.9 Å². The van der Waals surface area contributed by atoms with Gasteiger partial charge < -0.3 is 5.32 Å². The van der Waals surface area contributed by atoms with Crippen LogP contribution in [0.5, 0.6) is 0 Å². The van der Waals surface area contributed by atoms with Gasteiger partial charge in [-0.1, -0.05) is 6.92 Å². The van der Waals surface area contributed by atoms with E-state index in [-0.39, 0.29) is 11.9 Å². The summed E-state index contributed by atoms with van der Waals surface area (Å²) in [7, 11) is 0. The molecule has 1 atom stereocenters. The third-order valence-electron chi connectivity index (χ3n) is 3.46. The molecular weight excluding hydrogens is 268 g/mol. The molecule has 2 aromatic heterocycles. The van der Waals surface area contributed by atoms with E-state index in [1.807, 2.05) is 25.5 Å². The summed E-state index contributed by atoms with van der Waals surface area (Å²) in [4.78, 5) is 16.6. The summed E-state index contributed by atoms with van der Waals surface area (Å²) >= 11 is 0. The summed E-state index contributed by atoms with van der Waals surface area (Å²) in [6.45, 7) is 9.43. The van der Waals surface area contributed by atoms with Gasteiger partial charge >= 0.3 is 0 Å². The Bertz CT molecular complexity index is 615. The van der Waals surface area contributed by atoms with Crippen LogP contribution in [0.25, 0.3) is 0 Å². The lowest BCUT2D eigenvalue weighted by Gasteiger charge is -2.14. The third kappa shape index (κ3) is 3.12. The van der Waals surface area contributed by atoms with Crippen LogP contribution in [0.2, 0.25) is 0 Å². The van der Waals surface area contributed by atoms with E-state index in [4.69, 9.17) is 0 Å². The number of carbonyl (C=O) groups is 1. The highest BCUT2D eigenvalue weighted by molar-refractivity contribution is 5.95. The van der Waals surface area contributed by atoms with Crippen molar-refractivity contribution in [3.63, 3.8) is 0 Å². The molecule has 2 heterocycles. The first kappa shape index (κ1) is 15.2. The maximum absolute atomic E-state index is 12.3. The summed E-state index contributed by atoms with van der Waals surface area (Å²) in [5.41, 5.74) is 1.47. The van der Waals surface area contributed by atoms with E-state index in [9.17, 15) is 4.79 Å². The molecule has 21 heavy (non-hydrogen) atoms. The lowest BCUT2D eigenvalue weighted by atomic mass is 10.2. The molecular formula is C14H22N6O. The van der Waals surface area contributed by atoms with Gasteiger partial charge in [-0.05, 0) is 27.2 Å². The average molecular weight is 290 g/mol. The predicted octanol–water partition coefficient (Wildman–Crippen LogP) is 1.70. The molecule has 1 amide bonds. The number of aryl methyl sites for hydroxylation is 2. The van der Waals surface area contributed by atoms with E-state index in [1.165, 1.54) is 6.33 Å². The molecule has 2 rings (SSSR count). The molecule has 114 valence electrons. The van der Waals surface area contributed by atoms with E-state index >= 15 is 0 Å². The number of rotatable bonds is 6. The van der Waals surface area contributed by atoms with Gasteiger partial charge in [0.25, 0.3) is 5.91 Å². The molecule has 0 saturated heterocycles. The molecule has 7 heteroatoms. The Hall–Kier alpha value is -2.18. The Labute approximate surface area is 124 Å². The molecule has 7 nitrogen and oxygen atoms in total. The molecule has 0 aliphatic carbocycles. The van der Waals surface area contributed by atoms with Crippen LogP contribution in [0.4, 0.5) is 0 Å². The zero-order chi connectivity index (χ0) is 15.4. The van der Waals surface area contributed by atoms with Gasteiger partial charge in [0, 0.05) is 18.8 Å². The summed E-state index contributed by atoms with van der Waals surface area (Å²) in [6.07, 6.45) is 4.10. The highest BCUT2D eigenvalue weighted by Crippen LogP contribution is 2.12. The molecule has 2 aromatic rings. The van der Waals surface area contributed by atoms with Crippen molar-refractivity contribution in [1.82, 2.24) is 29.9 Å². The van der Waals surface area contributed by atoms with Gasteiger partial charge in [0.2, 0.25) is 0 Å². The Morgan fingerprint density at radius 3 is 2.71 bits per heavy atom. The second-order valence-electron chi connectivity index (χ2n) is 5.00. The molecule has 0 spiro atoms. The Balaban J connectivity index is 2.11. The molecule has 0 fully saturated rings. The predicted molar refractivity (Wildman–Crippen MR) is 78.8 cm³/mol. The lowest BCUT2D eigenvalue weighted by molar-refractivity contribution is 0.0936. The first-order valence-corrected chi connectivity index (χ1v) is 7.29. The van der Waals surface area contributed by atoms with Crippen molar-refractivity contribution < 1.29 is 4.79 Å². The van der Waals surface area contributed by atoms with Gasteiger partial charge in [-0.15, -0.1) is 0 Å². The zero-order valence-electron chi connectivity index (χ0n) is 13.0. The van der Waals surface area contributed by atoms with Crippen LogP contribution in [-0.4, -0.2) is 30.5 Å². The molecule has 0 saturated carbocycles. The molecule has 1 N–H and O–H groups in total. The van der Waals surface area contributed by atoms with E-state index in [0.29, 0.717) is 5.56 Å². The smallest absolute Gasteiger partial charge is 0.255 e.